The molecule has 1 N–H and O–H groups in total. The Bertz CT molecular complexity index is 273. The molecule has 1 unspecified atom stereocenters. The molecular weight excluding hydrogens is 177 g/mol. The molecule has 0 saturated carbocycles. The van der Waals surface area contributed by atoms with Gasteiger partial charge in [-0.15, -0.1) is 0 Å². The van der Waals surface area contributed by atoms with Gasteiger partial charge in [0.25, 0.3) is 0 Å². The van der Waals surface area contributed by atoms with Crippen LogP contribution in [0.4, 0.5) is 4.39 Å². The van der Waals surface area contributed by atoms with Crippen molar-refractivity contribution < 1.29 is 4.39 Å². The lowest BCUT2D eigenvalue weighted by molar-refractivity contribution is 0.529. The summed E-state index contributed by atoms with van der Waals surface area (Å²) in [5.74, 6) is -0.140. The van der Waals surface area contributed by atoms with Crippen LogP contribution in [0.2, 0.25) is 0 Å². The number of benzene rings is 1. The predicted octanol–water partition coefficient (Wildman–Crippen LogP) is 2.76. The van der Waals surface area contributed by atoms with Crippen LogP contribution < -0.4 is 5.32 Å². The van der Waals surface area contributed by atoms with E-state index in [1.807, 2.05) is 6.07 Å². The number of halogens is 1. The highest BCUT2D eigenvalue weighted by Gasteiger charge is 2.01. The maximum absolute atomic E-state index is 12.8. The molecule has 78 valence electrons. The van der Waals surface area contributed by atoms with Crippen LogP contribution in [0.5, 0.6) is 0 Å². The van der Waals surface area contributed by atoms with Crippen LogP contribution in [0, 0.1) is 5.82 Å². The molecule has 0 aliphatic heterocycles. The normalized spacial score (nSPS) is 12.8. The number of nitrogens with one attached hydrogen (secondary N) is 1. The summed E-state index contributed by atoms with van der Waals surface area (Å²) in [4.78, 5) is 0. The minimum absolute atomic E-state index is 0.140. The van der Waals surface area contributed by atoms with Gasteiger partial charge < -0.3 is 5.32 Å². The van der Waals surface area contributed by atoms with Crippen molar-refractivity contribution in [3.8, 4) is 0 Å². The van der Waals surface area contributed by atoms with E-state index in [0.29, 0.717) is 6.04 Å². The van der Waals surface area contributed by atoms with E-state index in [2.05, 4.69) is 19.2 Å². The monoisotopic (exact) mass is 195 g/mol. The standard InChI is InChI=1S/C12H18FN/c1-3-14-10(2)7-8-11-5-4-6-12(13)9-11/h4-6,9-10,14H,3,7-8H2,1-2H3. The Hall–Kier alpha value is -0.890. The Labute approximate surface area is 85.3 Å². The predicted molar refractivity (Wildman–Crippen MR) is 57.9 cm³/mol. The molecule has 1 aromatic rings. The molecule has 2 heteroatoms. The van der Waals surface area contributed by atoms with E-state index in [-0.39, 0.29) is 5.82 Å². The third-order valence-corrected chi connectivity index (χ3v) is 2.31. The summed E-state index contributed by atoms with van der Waals surface area (Å²) in [7, 11) is 0. The Kier molecular flexibility index (Phi) is 4.60. The minimum Gasteiger partial charge on any atom is -0.315 e. The Morgan fingerprint density at radius 2 is 2.21 bits per heavy atom. The smallest absolute Gasteiger partial charge is 0.123 e. The fraction of sp³-hybridized carbons (Fsp3) is 0.500. The molecule has 0 bridgehead atoms. The summed E-state index contributed by atoms with van der Waals surface area (Å²) in [5.41, 5.74) is 1.08. The van der Waals surface area contributed by atoms with Crippen molar-refractivity contribution in [3.05, 3.63) is 35.6 Å². The lowest BCUT2D eigenvalue weighted by Gasteiger charge is -2.11. The van der Waals surface area contributed by atoms with E-state index in [9.17, 15) is 4.39 Å². The molecule has 14 heavy (non-hydrogen) atoms. The molecule has 0 saturated heterocycles. The van der Waals surface area contributed by atoms with Crippen LogP contribution in [0.25, 0.3) is 0 Å². The highest BCUT2D eigenvalue weighted by atomic mass is 19.1. The zero-order valence-electron chi connectivity index (χ0n) is 8.89. The largest absolute Gasteiger partial charge is 0.315 e. The van der Waals surface area contributed by atoms with Crippen LogP contribution in [0.3, 0.4) is 0 Å². The number of hydrogen-bond acceptors (Lipinski definition) is 1. The van der Waals surface area contributed by atoms with Gasteiger partial charge in [-0.05, 0) is 44.0 Å². The molecule has 1 rings (SSSR count). The van der Waals surface area contributed by atoms with Crippen molar-refractivity contribution in [2.75, 3.05) is 6.54 Å². The van der Waals surface area contributed by atoms with E-state index in [1.165, 1.54) is 6.07 Å². The molecule has 1 atom stereocenters. The lowest BCUT2D eigenvalue weighted by Crippen LogP contribution is -2.25. The first-order chi connectivity index (χ1) is 6.72. The molecule has 0 aliphatic carbocycles. The van der Waals surface area contributed by atoms with E-state index >= 15 is 0 Å². The first-order valence-corrected chi connectivity index (χ1v) is 5.20. The second-order valence-electron chi connectivity index (χ2n) is 3.63. The second-order valence-corrected chi connectivity index (χ2v) is 3.63. The van der Waals surface area contributed by atoms with Crippen LogP contribution in [0.1, 0.15) is 25.8 Å². The SMILES string of the molecule is CCNC(C)CCc1cccc(F)c1. The molecule has 0 radical (unpaired) electrons. The Balaban J connectivity index is 2.37. The summed E-state index contributed by atoms with van der Waals surface area (Å²) >= 11 is 0. The molecule has 0 aromatic heterocycles. The zero-order chi connectivity index (χ0) is 10.4. The van der Waals surface area contributed by atoms with Gasteiger partial charge in [0, 0.05) is 6.04 Å². The summed E-state index contributed by atoms with van der Waals surface area (Å²) in [6.45, 7) is 5.24. The quantitative estimate of drug-likeness (QED) is 0.761. The molecular formula is C12H18FN. The first kappa shape index (κ1) is 11.2. The van der Waals surface area contributed by atoms with Crippen LogP contribution in [0.15, 0.2) is 24.3 Å². The molecule has 0 aliphatic rings. The number of rotatable bonds is 5. The van der Waals surface area contributed by atoms with Crippen LogP contribution in [-0.4, -0.2) is 12.6 Å². The van der Waals surface area contributed by atoms with Gasteiger partial charge in [-0.3, -0.25) is 0 Å². The molecule has 0 amide bonds. The molecule has 1 aromatic carbocycles. The number of aryl methyl sites for hydroxylation is 1. The lowest BCUT2D eigenvalue weighted by atomic mass is 10.1. The van der Waals surface area contributed by atoms with Gasteiger partial charge in [0.2, 0.25) is 0 Å². The average molecular weight is 195 g/mol. The number of hydrogen-bond donors (Lipinski definition) is 1. The highest BCUT2D eigenvalue weighted by Crippen LogP contribution is 2.07. The fourth-order valence-corrected chi connectivity index (χ4v) is 1.53. The third-order valence-electron chi connectivity index (χ3n) is 2.31. The molecule has 1 nitrogen and oxygen atoms in total. The summed E-state index contributed by atoms with van der Waals surface area (Å²) in [6.07, 6.45) is 1.99. The van der Waals surface area contributed by atoms with Gasteiger partial charge in [-0.2, -0.15) is 0 Å². The van der Waals surface area contributed by atoms with Gasteiger partial charge in [0.1, 0.15) is 5.82 Å². The summed E-state index contributed by atoms with van der Waals surface area (Å²) in [6, 6.07) is 7.34. The van der Waals surface area contributed by atoms with Crippen LogP contribution in [-0.2, 0) is 6.42 Å². The first-order valence-electron chi connectivity index (χ1n) is 5.20. The zero-order valence-corrected chi connectivity index (χ0v) is 8.89. The van der Waals surface area contributed by atoms with E-state index in [1.54, 1.807) is 12.1 Å². The molecule has 0 spiro atoms. The summed E-state index contributed by atoms with van der Waals surface area (Å²) < 4.78 is 12.8. The third kappa shape index (κ3) is 3.88. The average Bonchev–Trinajstić information content (AvgIpc) is 2.15. The van der Waals surface area contributed by atoms with Crippen molar-refractivity contribution in [3.63, 3.8) is 0 Å². The fourth-order valence-electron chi connectivity index (χ4n) is 1.53. The van der Waals surface area contributed by atoms with Crippen molar-refractivity contribution in [2.45, 2.75) is 32.7 Å². The van der Waals surface area contributed by atoms with E-state index in [0.717, 1.165) is 24.9 Å². The van der Waals surface area contributed by atoms with Gasteiger partial charge in [-0.1, -0.05) is 19.1 Å². The van der Waals surface area contributed by atoms with Crippen molar-refractivity contribution in [1.29, 1.82) is 0 Å². The maximum atomic E-state index is 12.8. The molecule has 0 heterocycles. The van der Waals surface area contributed by atoms with Crippen LogP contribution >= 0.6 is 0 Å². The van der Waals surface area contributed by atoms with Gasteiger partial charge in [0.05, 0.1) is 0 Å². The minimum atomic E-state index is -0.140. The van der Waals surface area contributed by atoms with Gasteiger partial charge >= 0.3 is 0 Å². The van der Waals surface area contributed by atoms with Gasteiger partial charge in [-0.25, -0.2) is 4.39 Å². The molecule has 0 fully saturated rings. The van der Waals surface area contributed by atoms with Crippen molar-refractivity contribution in [2.24, 2.45) is 0 Å². The van der Waals surface area contributed by atoms with Crippen molar-refractivity contribution >= 4 is 0 Å². The van der Waals surface area contributed by atoms with E-state index < -0.39 is 0 Å². The maximum Gasteiger partial charge on any atom is 0.123 e. The van der Waals surface area contributed by atoms with Gasteiger partial charge in [0.15, 0.2) is 0 Å². The Morgan fingerprint density at radius 1 is 1.43 bits per heavy atom. The van der Waals surface area contributed by atoms with Crippen molar-refractivity contribution in [1.82, 2.24) is 5.32 Å². The Morgan fingerprint density at radius 3 is 2.86 bits per heavy atom. The topological polar surface area (TPSA) is 12.0 Å². The summed E-state index contributed by atoms with van der Waals surface area (Å²) in [5, 5.41) is 3.34. The highest BCUT2D eigenvalue weighted by molar-refractivity contribution is 5.16. The second kappa shape index (κ2) is 5.76. The van der Waals surface area contributed by atoms with E-state index in [4.69, 9.17) is 0 Å².